The van der Waals surface area contributed by atoms with Crippen molar-refractivity contribution in [2.75, 3.05) is 0 Å². The van der Waals surface area contributed by atoms with Crippen LogP contribution in [0.4, 0.5) is 8.78 Å². The lowest BCUT2D eigenvalue weighted by molar-refractivity contribution is -0.114. The van der Waals surface area contributed by atoms with Crippen LogP contribution in [0.1, 0.15) is 5.56 Å². The second-order valence-corrected chi connectivity index (χ2v) is 3.51. The molecule has 1 aromatic carbocycles. The summed E-state index contributed by atoms with van der Waals surface area (Å²) in [6.07, 6.45) is 1.19. The van der Waals surface area contributed by atoms with E-state index in [-0.39, 0.29) is 16.3 Å². The Bertz CT molecular complexity index is 538. The number of alkyl halides is 2. The second-order valence-electron chi connectivity index (χ2n) is 3.10. The molecule has 4 nitrogen and oxygen atoms in total. The Morgan fingerprint density at radius 2 is 2.22 bits per heavy atom. The molecular formula is C11H7ClF2N2O2. The molecule has 0 aliphatic heterocycles. The highest BCUT2D eigenvalue weighted by Gasteiger charge is 2.09. The number of rotatable bonds is 4. The minimum Gasteiger partial charge on any atom is -0.433 e. The van der Waals surface area contributed by atoms with E-state index in [0.29, 0.717) is 5.56 Å². The van der Waals surface area contributed by atoms with E-state index in [1.165, 1.54) is 24.3 Å². The maximum atomic E-state index is 12.0. The van der Waals surface area contributed by atoms with Gasteiger partial charge in [0.1, 0.15) is 17.4 Å². The first-order valence-electron chi connectivity index (χ1n) is 4.60. The molecule has 0 spiro atoms. The fourth-order valence-corrected chi connectivity index (χ4v) is 1.36. The number of nitriles is 1. The van der Waals surface area contributed by atoms with E-state index in [4.69, 9.17) is 22.6 Å². The van der Waals surface area contributed by atoms with Crippen molar-refractivity contribution >= 4 is 23.6 Å². The van der Waals surface area contributed by atoms with E-state index in [0.717, 1.165) is 0 Å². The molecule has 0 atom stereocenters. The first-order chi connectivity index (χ1) is 8.43. The molecule has 0 aliphatic carbocycles. The molecule has 0 aliphatic rings. The maximum Gasteiger partial charge on any atom is 0.387 e. The lowest BCUT2D eigenvalue weighted by Crippen LogP contribution is -2.12. The molecule has 1 amide bonds. The molecule has 0 radical (unpaired) electrons. The molecule has 1 rings (SSSR count). The maximum absolute atomic E-state index is 12.0. The molecule has 94 valence electrons. The SMILES string of the molecule is N#C/C(=C\c1ccc(OC(F)F)c(Cl)c1)C(N)=O. The van der Waals surface area contributed by atoms with Crippen LogP contribution < -0.4 is 10.5 Å². The Morgan fingerprint density at radius 3 is 2.67 bits per heavy atom. The third-order valence-corrected chi connectivity index (χ3v) is 2.16. The number of benzene rings is 1. The molecule has 0 fully saturated rings. The molecule has 1 aromatic rings. The van der Waals surface area contributed by atoms with Crippen LogP contribution in [0.15, 0.2) is 23.8 Å². The zero-order valence-electron chi connectivity index (χ0n) is 8.86. The van der Waals surface area contributed by atoms with Crippen LogP contribution in [0.2, 0.25) is 5.02 Å². The summed E-state index contributed by atoms with van der Waals surface area (Å²) in [6.45, 7) is -2.98. The van der Waals surface area contributed by atoms with Crippen LogP contribution in [-0.4, -0.2) is 12.5 Å². The molecule has 18 heavy (non-hydrogen) atoms. The zero-order chi connectivity index (χ0) is 13.7. The monoisotopic (exact) mass is 272 g/mol. The van der Waals surface area contributed by atoms with Crippen molar-refractivity contribution in [2.45, 2.75) is 6.61 Å². The average Bonchev–Trinajstić information content (AvgIpc) is 2.28. The Kier molecular flexibility index (Phi) is 4.63. The number of amides is 1. The number of hydrogen-bond acceptors (Lipinski definition) is 3. The van der Waals surface area contributed by atoms with Gasteiger partial charge < -0.3 is 10.5 Å². The highest BCUT2D eigenvalue weighted by Crippen LogP contribution is 2.27. The number of primary amides is 1. The fraction of sp³-hybridized carbons (Fsp3) is 0.0909. The number of hydrogen-bond donors (Lipinski definition) is 1. The molecule has 0 bridgehead atoms. The number of carbonyl (C=O) groups is 1. The van der Waals surface area contributed by atoms with E-state index >= 15 is 0 Å². The third-order valence-electron chi connectivity index (χ3n) is 1.87. The summed E-state index contributed by atoms with van der Waals surface area (Å²) in [5, 5.41) is 8.56. The van der Waals surface area contributed by atoms with E-state index < -0.39 is 12.5 Å². The molecule has 0 saturated heterocycles. The van der Waals surface area contributed by atoms with Gasteiger partial charge in [-0.3, -0.25) is 4.79 Å². The van der Waals surface area contributed by atoms with Gasteiger partial charge in [0.15, 0.2) is 0 Å². The summed E-state index contributed by atoms with van der Waals surface area (Å²) < 4.78 is 28.1. The Hall–Kier alpha value is -2.13. The van der Waals surface area contributed by atoms with Crippen LogP contribution in [0.25, 0.3) is 6.08 Å². The fourth-order valence-electron chi connectivity index (χ4n) is 1.12. The van der Waals surface area contributed by atoms with E-state index in [9.17, 15) is 13.6 Å². The van der Waals surface area contributed by atoms with Crippen molar-refractivity contribution in [1.82, 2.24) is 0 Å². The van der Waals surface area contributed by atoms with Gasteiger partial charge in [-0.2, -0.15) is 14.0 Å². The normalized spacial score (nSPS) is 11.2. The predicted octanol–water partition coefficient (Wildman–Crippen LogP) is 2.33. The number of halogens is 3. The van der Waals surface area contributed by atoms with Crippen molar-refractivity contribution in [3.05, 3.63) is 34.4 Å². The number of nitrogens with two attached hydrogens (primary N) is 1. The van der Waals surface area contributed by atoms with Gasteiger partial charge in [0.05, 0.1) is 5.02 Å². The quantitative estimate of drug-likeness (QED) is 0.675. The van der Waals surface area contributed by atoms with Crippen LogP contribution in [0.5, 0.6) is 5.75 Å². The summed E-state index contributed by atoms with van der Waals surface area (Å²) in [5.41, 5.74) is 5.04. The van der Waals surface area contributed by atoms with E-state index in [1.807, 2.05) is 0 Å². The summed E-state index contributed by atoms with van der Waals surface area (Å²) in [7, 11) is 0. The molecule has 0 unspecified atom stereocenters. The molecule has 0 heterocycles. The number of carbonyl (C=O) groups excluding carboxylic acids is 1. The predicted molar refractivity (Wildman–Crippen MR) is 60.9 cm³/mol. The van der Waals surface area contributed by atoms with Gasteiger partial charge in [-0.25, -0.2) is 0 Å². The summed E-state index contributed by atoms with van der Waals surface area (Å²) in [6, 6.07) is 5.46. The highest BCUT2D eigenvalue weighted by molar-refractivity contribution is 6.32. The van der Waals surface area contributed by atoms with Gasteiger partial charge in [-0.05, 0) is 23.8 Å². The average molecular weight is 273 g/mol. The van der Waals surface area contributed by atoms with Gasteiger partial charge >= 0.3 is 6.61 Å². The largest absolute Gasteiger partial charge is 0.433 e. The number of nitrogens with zero attached hydrogens (tertiary/aromatic N) is 1. The van der Waals surface area contributed by atoms with Gasteiger partial charge in [-0.15, -0.1) is 0 Å². The molecule has 7 heteroatoms. The van der Waals surface area contributed by atoms with Crippen LogP contribution in [0.3, 0.4) is 0 Å². The molecule has 0 saturated carbocycles. The van der Waals surface area contributed by atoms with Crippen molar-refractivity contribution in [1.29, 1.82) is 5.26 Å². The topological polar surface area (TPSA) is 76.1 Å². The molecule has 2 N–H and O–H groups in total. The van der Waals surface area contributed by atoms with Crippen molar-refractivity contribution in [3.8, 4) is 11.8 Å². The Morgan fingerprint density at radius 1 is 1.56 bits per heavy atom. The van der Waals surface area contributed by atoms with Crippen LogP contribution in [0, 0.1) is 11.3 Å². The van der Waals surface area contributed by atoms with Gasteiger partial charge in [0.2, 0.25) is 0 Å². The lowest BCUT2D eigenvalue weighted by Gasteiger charge is -2.06. The van der Waals surface area contributed by atoms with Crippen LogP contribution in [-0.2, 0) is 4.79 Å². The van der Waals surface area contributed by atoms with Crippen molar-refractivity contribution < 1.29 is 18.3 Å². The van der Waals surface area contributed by atoms with Crippen molar-refractivity contribution in [3.63, 3.8) is 0 Å². The van der Waals surface area contributed by atoms with Gasteiger partial charge in [-0.1, -0.05) is 17.7 Å². The van der Waals surface area contributed by atoms with Gasteiger partial charge in [0.25, 0.3) is 5.91 Å². The first kappa shape index (κ1) is 13.9. The standard InChI is InChI=1S/C11H7ClF2N2O2/c12-8-4-6(3-7(5-15)10(16)17)1-2-9(8)18-11(13)14/h1-4,11H,(H2,16,17)/b7-3+. The third kappa shape index (κ3) is 3.71. The minimum absolute atomic E-state index is 0.0641. The second kappa shape index (κ2) is 5.98. The highest BCUT2D eigenvalue weighted by atomic mass is 35.5. The Labute approximate surface area is 106 Å². The van der Waals surface area contributed by atoms with E-state index in [2.05, 4.69) is 4.74 Å². The molecular weight excluding hydrogens is 266 g/mol. The van der Waals surface area contributed by atoms with E-state index in [1.54, 1.807) is 6.07 Å². The summed E-state index contributed by atoms with van der Waals surface area (Å²) in [5.74, 6) is -1.08. The zero-order valence-corrected chi connectivity index (χ0v) is 9.62. The minimum atomic E-state index is -2.98. The molecule has 0 aromatic heterocycles. The van der Waals surface area contributed by atoms with Gasteiger partial charge in [0, 0.05) is 0 Å². The summed E-state index contributed by atoms with van der Waals surface area (Å²) in [4.78, 5) is 10.8. The number of ether oxygens (including phenoxy) is 1. The smallest absolute Gasteiger partial charge is 0.387 e. The first-order valence-corrected chi connectivity index (χ1v) is 4.97. The lowest BCUT2D eigenvalue weighted by atomic mass is 10.1. The summed E-state index contributed by atoms with van der Waals surface area (Å²) >= 11 is 5.69. The van der Waals surface area contributed by atoms with Crippen LogP contribution >= 0.6 is 11.6 Å². The Balaban J connectivity index is 3.05. The van der Waals surface area contributed by atoms with Crippen molar-refractivity contribution in [2.24, 2.45) is 5.73 Å².